The molecule has 0 unspecified atom stereocenters. The Bertz CT molecular complexity index is 768. The van der Waals surface area contributed by atoms with Crippen molar-refractivity contribution in [2.24, 2.45) is 5.92 Å². The molecule has 0 atom stereocenters. The molecular weight excluding hydrogens is 677 g/mol. The second-order valence-corrected chi connectivity index (χ2v) is 16.1. The van der Waals surface area contributed by atoms with Crippen molar-refractivity contribution in [1.82, 2.24) is 9.80 Å². The number of ether oxygens (including phenoxy) is 2. The summed E-state index contributed by atoms with van der Waals surface area (Å²) in [5.41, 5.74) is 0. The molecule has 8 nitrogen and oxygen atoms in total. The van der Waals surface area contributed by atoms with Crippen molar-refractivity contribution < 1.29 is 29.3 Å². The maximum atomic E-state index is 12.6. The number of hydrogen-bond acceptors (Lipinski definition) is 8. The molecule has 0 spiro atoms. The van der Waals surface area contributed by atoms with Gasteiger partial charge in [-0.05, 0) is 64.0 Å². The van der Waals surface area contributed by atoms with Crippen LogP contribution in [0, 0.1) is 5.92 Å². The summed E-state index contributed by atoms with van der Waals surface area (Å²) in [5, 5.41) is 19.3. The van der Waals surface area contributed by atoms with E-state index in [4.69, 9.17) is 9.47 Å². The van der Waals surface area contributed by atoms with Crippen LogP contribution in [-0.4, -0.2) is 97.6 Å². The zero-order chi connectivity index (χ0) is 39.6. The van der Waals surface area contributed by atoms with Crippen LogP contribution < -0.4 is 0 Å². The van der Waals surface area contributed by atoms with E-state index in [1.165, 1.54) is 128 Å². The van der Waals surface area contributed by atoms with Gasteiger partial charge in [0.1, 0.15) is 0 Å². The number of carbonyl (C=O) groups is 2. The van der Waals surface area contributed by atoms with Crippen LogP contribution in [0.1, 0.15) is 213 Å². The molecule has 2 N–H and O–H groups in total. The molecule has 0 amide bonds. The molecule has 0 aromatic rings. The molecule has 0 rings (SSSR count). The van der Waals surface area contributed by atoms with Gasteiger partial charge in [0.05, 0.1) is 26.4 Å². The number of unbranched alkanes of at least 4 members (excludes halogenated alkanes) is 21. The Hall–Kier alpha value is -1.22. The first-order valence-electron chi connectivity index (χ1n) is 23.5. The number of aliphatic hydroxyl groups is 2. The van der Waals surface area contributed by atoms with Crippen molar-refractivity contribution in [1.29, 1.82) is 0 Å². The van der Waals surface area contributed by atoms with Crippen LogP contribution in [0.4, 0.5) is 0 Å². The van der Waals surface area contributed by atoms with E-state index in [2.05, 4.69) is 30.6 Å². The molecule has 8 heteroatoms. The molecule has 0 aliphatic carbocycles. The number of hydrogen-bond donors (Lipinski definition) is 2. The highest BCUT2D eigenvalue weighted by Crippen LogP contribution is 2.20. The second kappa shape index (κ2) is 42.9. The molecule has 0 aliphatic rings. The average molecular weight is 769 g/mol. The van der Waals surface area contributed by atoms with Gasteiger partial charge in [-0.25, -0.2) is 0 Å². The minimum absolute atomic E-state index is 0.0477. The Morgan fingerprint density at radius 2 is 0.796 bits per heavy atom. The molecule has 0 saturated heterocycles. The Balaban J connectivity index is 4.23. The van der Waals surface area contributed by atoms with Gasteiger partial charge in [-0.3, -0.25) is 19.4 Å². The molecular formula is C46H92N2O6. The average Bonchev–Trinajstić information content (AvgIpc) is 3.17. The topological polar surface area (TPSA) is 99.5 Å². The van der Waals surface area contributed by atoms with Crippen LogP contribution in [0.2, 0.25) is 0 Å². The Labute approximate surface area is 335 Å². The third kappa shape index (κ3) is 37.7. The predicted molar refractivity (Wildman–Crippen MR) is 228 cm³/mol. The standard InChI is InChI=1S/C46H92N2O6/c1-4-7-10-13-16-17-20-29-42-53-45(51)32-25-21-27-34-47(38-40-49)36-37-48(39-41-50)35-28-22-26-33-46(52)54-43-44(30-23-18-14-11-8-5-2)31-24-19-15-12-9-6-3/h44,49-50H,4-43H2,1-3H3. The predicted octanol–water partition coefficient (Wildman–Crippen LogP) is 11.0. The maximum Gasteiger partial charge on any atom is 0.305 e. The van der Waals surface area contributed by atoms with Gasteiger partial charge in [0.25, 0.3) is 0 Å². The van der Waals surface area contributed by atoms with E-state index in [0.29, 0.717) is 45.1 Å². The number of aliphatic hydroxyl groups excluding tert-OH is 2. The molecule has 0 radical (unpaired) electrons. The van der Waals surface area contributed by atoms with Crippen LogP contribution in [0.5, 0.6) is 0 Å². The van der Waals surface area contributed by atoms with Crippen molar-refractivity contribution >= 4 is 11.9 Å². The summed E-state index contributed by atoms with van der Waals surface area (Å²) < 4.78 is 11.3. The lowest BCUT2D eigenvalue weighted by Crippen LogP contribution is -2.38. The van der Waals surface area contributed by atoms with Crippen LogP contribution >= 0.6 is 0 Å². The molecule has 0 fully saturated rings. The van der Waals surface area contributed by atoms with Gasteiger partial charge >= 0.3 is 11.9 Å². The first-order chi connectivity index (χ1) is 26.5. The number of carbonyl (C=O) groups excluding carboxylic acids is 2. The van der Waals surface area contributed by atoms with E-state index < -0.39 is 0 Å². The first kappa shape index (κ1) is 52.8. The van der Waals surface area contributed by atoms with Crippen molar-refractivity contribution in [2.45, 2.75) is 213 Å². The highest BCUT2D eigenvalue weighted by molar-refractivity contribution is 5.69. The summed E-state index contributed by atoms with van der Waals surface area (Å²) >= 11 is 0. The highest BCUT2D eigenvalue weighted by atomic mass is 16.5. The molecule has 0 aromatic carbocycles. The molecule has 322 valence electrons. The number of rotatable bonds is 44. The Kier molecular flexibility index (Phi) is 41.9. The maximum absolute atomic E-state index is 12.6. The zero-order valence-corrected chi connectivity index (χ0v) is 36.3. The van der Waals surface area contributed by atoms with Gasteiger partial charge in [0, 0.05) is 39.0 Å². The molecule has 0 aromatic heterocycles. The van der Waals surface area contributed by atoms with Crippen LogP contribution in [0.3, 0.4) is 0 Å². The lowest BCUT2D eigenvalue weighted by atomic mass is 9.94. The summed E-state index contributed by atoms with van der Waals surface area (Å²) in [5.74, 6) is 0.378. The van der Waals surface area contributed by atoms with Crippen LogP contribution in [0.25, 0.3) is 0 Å². The molecule has 0 aliphatic heterocycles. The largest absolute Gasteiger partial charge is 0.466 e. The summed E-state index contributed by atoms with van der Waals surface area (Å²) in [7, 11) is 0. The second-order valence-electron chi connectivity index (χ2n) is 16.1. The fraction of sp³-hybridized carbons (Fsp3) is 0.957. The first-order valence-corrected chi connectivity index (χ1v) is 23.5. The molecule has 0 saturated carbocycles. The zero-order valence-electron chi connectivity index (χ0n) is 36.3. The van der Waals surface area contributed by atoms with E-state index in [1.807, 2.05) is 0 Å². The SMILES string of the molecule is CCCCCCCCCCOC(=O)CCCCCN(CCO)CCN(CCO)CCCCCC(=O)OCC(CCCCCCCC)CCCCCCCC. The Morgan fingerprint density at radius 1 is 0.426 bits per heavy atom. The lowest BCUT2D eigenvalue weighted by Gasteiger charge is -2.27. The molecule has 0 bridgehead atoms. The molecule has 54 heavy (non-hydrogen) atoms. The van der Waals surface area contributed by atoms with Crippen LogP contribution in [0.15, 0.2) is 0 Å². The van der Waals surface area contributed by atoms with Crippen LogP contribution in [-0.2, 0) is 19.1 Å². The monoisotopic (exact) mass is 769 g/mol. The van der Waals surface area contributed by atoms with E-state index in [-0.39, 0.29) is 25.2 Å². The van der Waals surface area contributed by atoms with Gasteiger partial charge in [-0.2, -0.15) is 0 Å². The fourth-order valence-corrected chi connectivity index (χ4v) is 7.31. The summed E-state index contributed by atoms with van der Waals surface area (Å²) in [6.45, 7) is 12.9. The third-order valence-electron chi connectivity index (χ3n) is 10.9. The van der Waals surface area contributed by atoms with E-state index >= 15 is 0 Å². The molecule has 0 heterocycles. The fourth-order valence-electron chi connectivity index (χ4n) is 7.31. The smallest absolute Gasteiger partial charge is 0.305 e. The van der Waals surface area contributed by atoms with Crippen molar-refractivity contribution in [2.75, 3.05) is 65.7 Å². The van der Waals surface area contributed by atoms with Gasteiger partial charge in [-0.1, -0.05) is 156 Å². The highest BCUT2D eigenvalue weighted by Gasteiger charge is 2.14. The quantitative estimate of drug-likeness (QED) is 0.0467. The van der Waals surface area contributed by atoms with Gasteiger partial charge in [0.2, 0.25) is 0 Å². The summed E-state index contributed by atoms with van der Waals surface area (Å²) in [4.78, 5) is 29.3. The number of nitrogens with zero attached hydrogens (tertiary/aromatic N) is 2. The number of esters is 2. The third-order valence-corrected chi connectivity index (χ3v) is 10.9. The minimum Gasteiger partial charge on any atom is -0.466 e. The van der Waals surface area contributed by atoms with Crippen molar-refractivity contribution in [3.05, 3.63) is 0 Å². The van der Waals surface area contributed by atoms with Gasteiger partial charge in [-0.15, -0.1) is 0 Å². The summed E-state index contributed by atoms with van der Waals surface area (Å²) in [6.07, 6.45) is 34.5. The van der Waals surface area contributed by atoms with Gasteiger partial charge < -0.3 is 19.7 Å². The normalized spacial score (nSPS) is 11.7. The van der Waals surface area contributed by atoms with E-state index in [9.17, 15) is 19.8 Å². The van der Waals surface area contributed by atoms with Gasteiger partial charge in [0.15, 0.2) is 0 Å². The van der Waals surface area contributed by atoms with Crippen molar-refractivity contribution in [3.63, 3.8) is 0 Å². The van der Waals surface area contributed by atoms with E-state index in [1.54, 1.807) is 0 Å². The Morgan fingerprint density at radius 3 is 1.22 bits per heavy atom. The lowest BCUT2D eigenvalue weighted by molar-refractivity contribution is -0.145. The van der Waals surface area contributed by atoms with Crippen molar-refractivity contribution in [3.8, 4) is 0 Å². The summed E-state index contributed by atoms with van der Waals surface area (Å²) in [6, 6.07) is 0. The minimum atomic E-state index is -0.0760. The van der Waals surface area contributed by atoms with E-state index in [0.717, 1.165) is 77.5 Å².